The fraction of sp³-hybridized carbons (Fsp3) is 1.00. The van der Waals surface area contributed by atoms with Crippen LogP contribution in [0.15, 0.2) is 0 Å². The second-order valence-corrected chi connectivity index (χ2v) is 7.07. The molecule has 0 aromatic rings. The third kappa shape index (κ3) is 19.8. The molecule has 0 aliphatic carbocycles. The lowest BCUT2D eigenvalue weighted by atomic mass is 10.0. The topological polar surface area (TPSA) is 47.7 Å². The summed E-state index contributed by atoms with van der Waals surface area (Å²) in [5.41, 5.74) is 0. The molecule has 0 rings (SSSR count). The van der Waals surface area contributed by atoms with Crippen LogP contribution in [-0.2, 0) is 0 Å². The molecule has 0 amide bonds. The molecule has 0 saturated heterocycles. The molecule has 0 spiro atoms. The quantitative estimate of drug-likeness (QED) is 0.268. The second kappa shape index (κ2) is 19.9. The molecular weight excluding hydrogens is 286 g/mol. The molecule has 0 radical (unpaired) electrons. The van der Waals surface area contributed by atoms with Gasteiger partial charge in [0, 0.05) is 0 Å². The number of nitrogens with one attached hydrogen (secondary N) is 1. The van der Waals surface area contributed by atoms with Gasteiger partial charge in [-0.25, -0.2) is 0 Å². The molecule has 0 fully saturated rings. The largest absolute Gasteiger partial charge is 0.634 e. The molecule has 3 nitrogen and oxygen atoms in total. The third-order valence-electron chi connectivity index (χ3n) is 4.70. The van der Waals surface area contributed by atoms with E-state index in [0.717, 1.165) is 6.42 Å². The lowest BCUT2D eigenvalue weighted by molar-refractivity contribution is -0.848. The highest BCUT2D eigenvalue weighted by Gasteiger charge is 1.97. The lowest BCUT2D eigenvalue weighted by Crippen LogP contribution is -3.07. The van der Waals surface area contributed by atoms with E-state index in [1.165, 1.54) is 96.3 Å². The van der Waals surface area contributed by atoms with Gasteiger partial charge in [-0.2, -0.15) is 0 Å². The molecule has 0 aliphatic rings. The highest BCUT2D eigenvalue weighted by molar-refractivity contribution is 4.49. The summed E-state index contributed by atoms with van der Waals surface area (Å²) < 4.78 is 0. The van der Waals surface area contributed by atoms with Crippen molar-refractivity contribution in [2.24, 2.45) is 0 Å². The van der Waals surface area contributed by atoms with Crippen molar-refractivity contribution in [2.75, 3.05) is 19.7 Å². The number of quaternary nitrogens is 1. The van der Waals surface area contributed by atoms with E-state index in [0.29, 0.717) is 13.1 Å². The van der Waals surface area contributed by atoms with Gasteiger partial charge in [0.15, 0.2) is 0 Å². The normalized spacial score (nSPS) is 12.7. The minimum atomic E-state index is 0.0116. The standard InChI is InChI=1S/C20H43NO2/c1-2-3-4-5-6-7-8-9-10-11-12-13-14-15-16-17-18-21(23)19-20-22/h21-22H,2-20H2,1H3. The van der Waals surface area contributed by atoms with Crippen LogP contribution >= 0.6 is 0 Å². The molecular formula is C20H43NO2. The predicted molar refractivity (Wildman–Crippen MR) is 101 cm³/mol. The molecule has 0 aromatic carbocycles. The average Bonchev–Trinajstić information content (AvgIpc) is 2.54. The van der Waals surface area contributed by atoms with Crippen LogP contribution in [0.25, 0.3) is 0 Å². The molecule has 0 aliphatic heterocycles. The van der Waals surface area contributed by atoms with E-state index in [9.17, 15) is 5.21 Å². The Labute approximate surface area is 145 Å². The van der Waals surface area contributed by atoms with Gasteiger partial charge in [-0.1, -0.05) is 96.8 Å². The van der Waals surface area contributed by atoms with Crippen molar-refractivity contribution in [3.63, 3.8) is 0 Å². The first kappa shape index (κ1) is 22.9. The van der Waals surface area contributed by atoms with Crippen molar-refractivity contribution in [3.05, 3.63) is 5.21 Å². The number of unbranched alkanes of at least 4 members (excludes halogenated alkanes) is 15. The lowest BCUT2D eigenvalue weighted by Gasteiger charge is -2.20. The van der Waals surface area contributed by atoms with E-state index in [2.05, 4.69) is 6.92 Å². The summed E-state index contributed by atoms with van der Waals surface area (Å²) in [5.74, 6) is 0. The number of aliphatic hydroxyl groups is 1. The number of rotatable bonds is 19. The van der Waals surface area contributed by atoms with Crippen LogP contribution in [0.1, 0.15) is 110 Å². The van der Waals surface area contributed by atoms with Gasteiger partial charge in [-0.15, -0.1) is 0 Å². The van der Waals surface area contributed by atoms with Crippen molar-refractivity contribution >= 4 is 0 Å². The van der Waals surface area contributed by atoms with E-state index in [1.807, 2.05) is 0 Å². The van der Waals surface area contributed by atoms with E-state index in [-0.39, 0.29) is 11.7 Å². The fourth-order valence-electron chi connectivity index (χ4n) is 3.12. The monoisotopic (exact) mass is 329 g/mol. The van der Waals surface area contributed by atoms with Gasteiger partial charge < -0.3 is 15.4 Å². The highest BCUT2D eigenvalue weighted by atomic mass is 16.5. The average molecular weight is 330 g/mol. The van der Waals surface area contributed by atoms with Crippen LogP contribution in [0.4, 0.5) is 0 Å². The Morgan fingerprint density at radius 1 is 0.565 bits per heavy atom. The fourth-order valence-corrected chi connectivity index (χ4v) is 3.12. The maximum Gasteiger partial charge on any atom is 0.100 e. The maximum atomic E-state index is 11.2. The molecule has 0 heterocycles. The van der Waals surface area contributed by atoms with Crippen LogP contribution in [0.5, 0.6) is 0 Å². The van der Waals surface area contributed by atoms with Gasteiger partial charge in [0.05, 0.1) is 13.2 Å². The Morgan fingerprint density at radius 2 is 0.913 bits per heavy atom. The van der Waals surface area contributed by atoms with Crippen molar-refractivity contribution < 1.29 is 10.2 Å². The van der Waals surface area contributed by atoms with Crippen LogP contribution in [-0.4, -0.2) is 24.8 Å². The Balaban J connectivity index is 3.00. The van der Waals surface area contributed by atoms with Gasteiger partial charge in [0.25, 0.3) is 0 Å². The molecule has 3 heteroatoms. The van der Waals surface area contributed by atoms with Crippen LogP contribution in [0, 0.1) is 5.21 Å². The molecule has 2 N–H and O–H groups in total. The summed E-state index contributed by atoms with van der Waals surface area (Å²) in [6.45, 7) is 3.30. The predicted octanol–water partition coefficient (Wildman–Crippen LogP) is 4.62. The van der Waals surface area contributed by atoms with E-state index in [4.69, 9.17) is 5.11 Å². The van der Waals surface area contributed by atoms with Gasteiger partial charge in [-0.05, 0) is 12.8 Å². The number of hydrogen-bond acceptors (Lipinski definition) is 2. The molecule has 140 valence electrons. The summed E-state index contributed by atoms with van der Waals surface area (Å²) in [6, 6.07) is 0. The second-order valence-electron chi connectivity index (χ2n) is 7.07. The van der Waals surface area contributed by atoms with Gasteiger partial charge in [0.2, 0.25) is 0 Å². The summed E-state index contributed by atoms with van der Waals surface area (Å²) in [6.07, 6.45) is 21.8. The SMILES string of the molecule is CCCCCCCCCCCCCCCCCC[NH+]([O-])CCO. The van der Waals surface area contributed by atoms with Crippen molar-refractivity contribution in [2.45, 2.75) is 110 Å². The van der Waals surface area contributed by atoms with Crippen molar-refractivity contribution in [1.29, 1.82) is 0 Å². The first-order valence-corrected chi connectivity index (χ1v) is 10.4. The zero-order valence-electron chi connectivity index (χ0n) is 15.8. The smallest absolute Gasteiger partial charge is 0.100 e. The summed E-state index contributed by atoms with van der Waals surface area (Å²) >= 11 is 0. The summed E-state index contributed by atoms with van der Waals surface area (Å²) in [7, 11) is 0. The summed E-state index contributed by atoms with van der Waals surface area (Å²) in [4.78, 5) is 0. The van der Waals surface area contributed by atoms with Crippen LogP contribution in [0.3, 0.4) is 0 Å². The minimum absolute atomic E-state index is 0.0116. The first-order chi connectivity index (χ1) is 11.3. The van der Waals surface area contributed by atoms with Crippen molar-refractivity contribution in [1.82, 2.24) is 0 Å². The van der Waals surface area contributed by atoms with E-state index < -0.39 is 0 Å². The van der Waals surface area contributed by atoms with E-state index in [1.54, 1.807) is 0 Å². The molecule has 0 aromatic heterocycles. The first-order valence-electron chi connectivity index (χ1n) is 10.4. The molecule has 1 unspecified atom stereocenters. The molecule has 0 saturated carbocycles. The zero-order chi connectivity index (χ0) is 17.0. The van der Waals surface area contributed by atoms with Gasteiger partial charge in [-0.3, -0.25) is 0 Å². The zero-order valence-corrected chi connectivity index (χ0v) is 15.8. The van der Waals surface area contributed by atoms with Gasteiger partial charge >= 0.3 is 0 Å². The van der Waals surface area contributed by atoms with Crippen LogP contribution < -0.4 is 5.06 Å². The Kier molecular flexibility index (Phi) is 19.8. The molecule has 23 heavy (non-hydrogen) atoms. The number of hydrogen-bond donors (Lipinski definition) is 2. The molecule has 1 atom stereocenters. The maximum absolute atomic E-state index is 11.2. The van der Waals surface area contributed by atoms with Crippen LogP contribution in [0.2, 0.25) is 0 Å². The summed E-state index contributed by atoms with van der Waals surface area (Å²) in [5, 5.41) is 20.1. The number of hydroxylamine groups is 2. The third-order valence-corrected chi connectivity index (χ3v) is 4.70. The van der Waals surface area contributed by atoms with E-state index >= 15 is 0 Å². The minimum Gasteiger partial charge on any atom is -0.634 e. The van der Waals surface area contributed by atoms with Gasteiger partial charge in [0.1, 0.15) is 6.54 Å². The molecule has 0 bridgehead atoms. The highest BCUT2D eigenvalue weighted by Crippen LogP contribution is 2.13. The Hall–Kier alpha value is -0.120. The van der Waals surface area contributed by atoms with Crippen molar-refractivity contribution in [3.8, 4) is 0 Å². The Morgan fingerprint density at radius 3 is 1.26 bits per heavy atom. The number of aliphatic hydroxyl groups excluding tert-OH is 1. The Bertz CT molecular complexity index is 212.